The van der Waals surface area contributed by atoms with Crippen LogP contribution in [0.1, 0.15) is 38.2 Å². The Balaban J connectivity index is 1.85. The molecule has 4 nitrogen and oxygen atoms in total. The Bertz CT molecular complexity index is 491. The molecule has 0 fully saturated rings. The van der Waals surface area contributed by atoms with E-state index in [4.69, 9.17) is 4.74 Å². The first kappa shape index (κ1) is 14.6. The number of ether oxygens (including phenoxy) is 1. The fraction of sp³-hybridized carbons (Fsp3) is 0.438. The van der Waals surface area contributed by atoms with Crippen molar-refractivity contribution < 1.29 is 4.74 Å². The number of hydrogen-bond donors (Lipinski definition) is 2. The lowest BCUT2D eigenvalue weighted by Gasteiger charge is -2.14. The van der Waals surface area contributed by atoms with Gasteiger partial charge in [-0.3, -0.25) is 0 Å². The van der Waals surface area contributed by atoms with Crippen LogP contribution in [0.15, 0.2) is 36.7 Å². The zero-order chi connectivity index (χ0) is 14.4. The van der Waals surface area contributed by atoms with E-state index in [-0.39, 0.29) is 6.04 Å². The Morgan fingerprint density at radius 1 is 1.20 bits per heavy atom. The average Bonchev–Trinajstić information content (AvgIpc) is 2.96. The van der Waals surface area contributed by atoms with E-state index in [1.54, 1.807) is 6.20 Å². The molecule has 2 aromatic rings. The summed E-state index contributed by atoms with van der Waals surface area (Å²) < 4.78 is 5.69. The maximum absolute atomic E-state index is 5.69. The van der Waals surface area contributed by atoms with E-state index in [1.807, 2.05) is 18.3 Å². The van der Waals surface area contributed by atoms with Gasteiger partial charge in [0.05, 0.1) is 13.2 Å². The molecule has 0 aliphatic rings. The molecule has 0 radical (unpaired) electrons. The molecule has 2 rings (SSSR count). The quantitative estimate of drug-likeness (QED) is 0.814. The Hall–Kier alpha value is -1.81. The third-order valence-corrected chi connectivity index (χ3v) is 3.09. The summed E-state index contributed by atoms with van der Waals surface area (Å²) in [6, 6.07) is 8.55. The molecule has 1 heterocycles. The molecule has 2 N–H and O–H groups in total. The van der Waals surface area contributed by atoms with Crippen LogP contribution in [-0.4, -0.2) is 16.6 Å². The zero-order valence-corrected chi connectivity index (χ0v) is 12.4. The van der Waals surface area contributed by atoms with Crippen molar-refractivity contribution in [1.82, 2.24) is 15.3 Å². The molecule has 1 aromatic carbocycles. The van der Waals surface area contributed by atoms with Gasteiger partial charge in [-0.05, 0) is 30.5 Å². The van der Waals surface area contributed by atoms with Gasteiger partial charge in [0, 0.05) is 18.4 Å². The minimum absolute atomic E-state index is 0.277. The number of imidazole rings is 1. The highest BCUT2D eigenvalue weighted by molar-refractivity contribution is 5.29. The van der Waals surface area contributed by atoms with Crippen molar-refractivity contribution in [3.05, 3.63) is 48.0 Å². The van der Waals surface area contributed by atoms with E-state index >= 15 is 0 Å². The molecule has 108 valence electrons. The van der Waals surface area contributed by atoms with Gasteiger partial charge < -0.3 is 15.0 Å². The van der Waals surface area contributed by atoms with Gasteiger partial charge in [0.25, 0.3) is 0 Å². The Labute approximate surface area is 120 Å². The molecule has 0 aliphatic heterocycles. The third-order valence-electron chi connectivity index (χ3n) is 3.09. The Morgan fingerprint density at radius 2 is 1.95 bits per heavy atom. The topological polar surface area (TPSA) is 49.9 Å². The number of nitrogens with zero attached hydrogens (tertiary/aromatic N) is 1. The van der Waals surface area contributed by atoms with Crippen LogP contribution in [0, 0.1) is 5.92 Å². The van der Waals surface area contributed by atoms with E-state index in [1.165, 1.54) is 5.56 Å². The second-order valence-corrected chi connectivity index (χ2v) is 5.41. The van der Waals surface area contributed by atoms with Crippen LogP contribution >= 0.6 is 0 Å². The van der Waals surface area contributed by atoms with Gasteiger partial charge >= 0.3 is 0 Å². The van der Waals surface area contributed by atoms with Crippen molar-refractivity contribution in [2.75, 3.05) is 6.61 Å². The van der Waals surface area contributed by atoms with Crippen LogP contribution in [0.2, 0.25) is 0 Å². The van der Waals surface area contributed by atoms with Crippen molar-refractivity contribution in [3.63, 3.8) is 0 Å². The van der Waals surface area contributed by atoms with Gasteiger partial charge in [-0.1, -0.05) is 26.0 Å². The second kappa shape index (κ2) is 7.10. The second-order valence-electron chi connectivity index (χ2n) is 5.41. The molecule has 0 saturated heterocycles. The average molecular weight is 273 g/mol. The van der Waals surface area contributed by atoms with Crippen LogP contribution in [0.3, 0.4) is 0 Å². The van der Waals surface area contributed by atoms with E-state index in [0.29, 0.717) is 5.92 Å². The number of aromatic nitrogens is 2. The summed E-state index contributed by atoms with van der Waals surface area (Å²) >= 11 is 0. The van der Waals surface area contributed by atoms with Crippen molar-refractivity contribution in [2.24, 2.45) is 5.92 Å². The van der Waals surface area contributed by atoms with Gasteiger partial charge in [0.2, 0.25) is 0 Å². The predicted octanol–water partition coefficient (Wildman–Crippen LogP) is 3.30. The molecule has 4 heteroatoms. The molecule has 0 bridgehead atoms. The van der Waals surface area contributed by atoms with Crippen molar-refractivity contribution in [1.29, 1.82) is 0 Å². The highest BCUT2D eigenvalue weighted by Crippen LogP contribution is 2.18. The maximum Gasteiger partial charge on any atom is 0.120 e. The predicted molar refractivity (Wildman–Crippen MR) is 80.6 cm³/mol. The summed E-state index contributed by atoms with van der Waals surface area (Å²) in [6.07, 6.45) is 3.60. The molecule has 20 heavy (non-hydrogen) atoms. The minimum atomic E-state index is 0.277. The lowest BCUT2D eigenvalue weighted by molar-refractivity contribution is 0.271. The van der Waals surface area contributed by atoms with E-state index < -0.39 is 0 Å². The SMILES string of the molecule is CC(C)COc1ccc(C(C)NCc2ncc[nH]2)cc1. The standard InChI is InChI=1S/C16H23N3O/c1-12(2)11-20-15-6-4-14(5-7-15)13(3)19-10-16-17-8-9-18-16/h4-9,12-13,19H,10-11H2,1-3H3,(H,17,18). The molecular weight excluding hydrogens is 250 g/mol. The molecule has 1 atom stereocenters. The number of H-pyrrole nitrogens is 1. The van der Waals surface area contributed by atoms with Gasteiger partial charge in [-0.2, -0.15) is 0 Å². The van der Waals surface area contributed by atoms with E-state index in [2.05, 4.69) is 48.2 Å². The van der Waals surface area contributed by atoms with Crippen LogP contribution in [-0.2, 0) is 6.54 Å². The lowest BCUT2D eigenvalue weighted by atomic mass is 10.1. The minimum Gasteiger partial charge on any atom is -0.493 e. The number of nitrogens with one attached hydrogen (secondary N) is 2. The normalized spacial score (nSPS) is 12.6. The van der Waals surface area contributed by atoms with E-state index in [0.717, 1.165) is 24.7 Å². The summed E-state index contributed by atoms with van der Waals surface area (Å²) in [4.78, 5) is 7.29. The first-order valence-corrected chi connectivity index (χ1v) is 7.09. The van der Waals surface area contributed by atoms with Crippen molar-refractivity contribution >= 4 is 0 Å². The van der Waals surface area contributed by atoms with Crippen LogP contribution in [0.5, 0.6) is 5.75 Å². The zero-order valence-electron chi connectivity index (χ0n) is 12.4. The van der Waals surface area contributed by atoms with E-state index in [9.17, 15) is 0 Å². The summed E-state index contributed by atoms with van der Waals surface area (Å²) in [5, 5.41) is 3.44. The van der Waals surface area contributed by atoms with Crippen LogP contribution in [0.4, 0.5) is 0 Å². The third kappa shape index (κ3) is 4.38. The number of hydrogen-bond acceptors (Lipinski definition) is 3. The fourth-order valence-corrected chi connectivity index (χ4v) is 1.88. The summed E-state index contributed by atoms with van der Waals surface area (Å²) in [5.41, 5.74) is 1.24. The maximum atomic E-state index is 5.69. The number of aromatic amines is 1. The number of benzene rings is 1. The van der Waals surface area contributed by atoms with Crippen LogP contribution in [0.25, 0.3) is 0 Å². The smallest absolute Gasteiger partial charge is 0.120 e. The highest BCUT2D eigenvalue weighted by Gasteiger charge is 2.06. The van der Waals surface area contributed by atoms with Gasteiger partial charge in [-0.25, -0.2) is 4.98 Å². The Kier molecular flexibility index (Phi) is 5.18. The fourth-order valence-electron chi connectivity index (χ4n) is 1.88. The van der Waals surface area contributed by atoms with Gasteiger partial charge in [-0.15, -0.1) is 0 Å². The Morgan fingerprint density at radius 3 is 2.55 bits per heavy atom. The molecule has 0 amide bonds. The summed E-state index contributed by atoms with van der Waals surface area (Å²) in [5.74, 6) is 2.43. The highest BCUT2D eigenvalue weighted by atomic mass is 16.5. The molecule has 0 aliphatic carbocycles. The molecule has 1 aromatic heterocycles. The van der Waals surface area contributed by atoms with Gasteiger partial charge in [0.15, 0.2) is 0 Å². The molecular formula is C16H23N3O. The van der Waals surface area contributed by atoms with Crippen molar-refractivity contribution in [3.8, 4) is 5.75 Å². The lowest BCUT2D eigenvalue weighted by Crippen LogP contribution is -2.18. The number of rotatable bonds is 7. The summed E-state index contributed by atoms with van der Waals surface area (Å²) in [7, 11) is 0. The first-order valence-electron chi connectivity index (χ1n) is 7.09. The first-order chi connectivity index (χ1) is 9.65. The van der Waals surface area contributed by atoms with Crippen molar-refractivity contribution in [2.45, 2.75) is 33.4 Å². The largest absolute Gasteiger partial charge is 0.493 e. The van der Waals surface area contributed by atoms with Gasteiger partial charge in [0.1, 0.15) is 11.6 Å². The molecule has 0 saturated carbocycles. The molecule has 0 spiro atoms. The molecule has 1 unspecified atom stereocenters. The van der Waals surface area contributed by atoms with Crippen LogP contribution < -0.4 is 10.1 Å². The monoisotopic (exact) mass is 273 g/mol. The summed E-state index contributed by atoms with van der Waals surface area (Å²) in [6.45, 7) is 7.93.